The van der Waals surface area contributed by atoms with Gasteiger partial charge in [-0.3, -0.25) is 19.3 Å². The van der Waals surface area contributed by atoms with E-state index in [0.29, 0.717) is 27.6 Å². The van der Waals surface area contributed by atoms with E-state index in [1.54, 1.807) is 48.5 Å². The Morgan fingerprint density at radius 1 is 0.895 bits per heavy atom. The second kappa shape index (κ2) is 11.1. The average molecular weight is 592 g/mol. The summed E-state index contributed by atoms with van der Waals surface area (Å²) in [7, 11) is 0. The molecule has 0 unspecified atom stereocenters. The number of carbonyl (C=O) groups is 3. The zero-order valence-electron chi connectivity index (χ0n) is 19.6. The summed E-state index contributed by atoms with van der Waals surface area (Å²) in [5, 5.41) is 5.85. The van der Waals surface area contributed by atoms with Crippen molar-refractivity contribution in [3.05, 3.63) is 123 Å². The van der Waals surface area contributed by atoms with E-state index in [0.717, 1.165) is 21.1 Å². The number of halogens is 2. The van der Waals surface area contributed by atoms with Crippen LogP contribution in [0.4, 0.5) is 15.8 Å². The van der Waals surface area contributed by atoms with Gasteiger partial charge in [0, 0.05) is 26.3 Å². The first-order valence-electron chi connectivity index (χ1n) is 11.4. The summed E-state index contributed by atoms with van der Waals surface area (Å²) in [4.78, 5) is 41.1. The lowest BCUT2D eigenvalue weighted by Gasteiger charge is -2.13. The number of nitrogens with one attached hydrogen (secondary N) is 2. The number of hydrogen-bond donors (Lipinski definition) is 2. The van der Waals surface area contributed by atoms with E-state index in [4.69, 9.17) is 4.42 Å². The molecule has 10 heteroatoms. The van der Waals surface area contributed by atoms with E-state index in [1.165, 1.54) is 30.5 Å². The fraction of sp³-hybridized carbons (Fsp3) is 0.0357. The molecule has 38 heavy (non-hydrogen) atoms. The quantitative estimate of drug-likeness (QED) is 0.230. The Bertz CT molecular complexity index is 1520. The van der Waals surface area contributed by atoms with Crippen LogP contribution in [0.2, 0.25) is 0 Å². The Kier molecular flexibility index (Phi) is 7.43. The molecule has 0 fully saturated rings. The fourth-order valence-electron chi connectivity index (χ4n) is 3.67. The maximum absolute atomic E-state index is 13.3. The molecule has 7 nitrogen and oxygen atoms in total. The molecule has 0 saturated carbocycles. The summed E-state index contributed by atoms with van der Waals surface area (Å²) in [5.41, 5.74) is 1.67. The summed E-state index contributed by atoms with van der Waals surface area (Å²) in [6.45, 7) is 0.00853. The average Bonchev–Trinajstić information content (AvgIpc) is 3.51. The van der Waals surface area contributed by atoms with E-state index in [9.17, 15) is 18.8 Å². The van der Waals surface area contributed by atoms with Crippen LogP contribution in [0.3, 0.4) is 0 Å². The van der Waals surface area contributed by atoms with Crippen molar-refractivity contribution < 1.29 is 23.2 Å². The van der Waals surface area contributed by atoms with Gasteiger partial charge in [-0.05, 0) is 84.9 Å². The minimum absolute atomic E-state index is 0.00853. The van der Waals surface area contributed by atoms with Crippen molar-refractivity contribution in [2.75, 3.05) is 10.6 Å². The molecule has 2 heterocycles. The predicted molar refractivity (Wildman–Crippen MR) is 146 cm³/mol. The molecule has 4 aromatic rings. The van der Waals surface area contributed by atoms with Crippen molar-refractivity contribution in [2.45, 2.75) is 11.4 Å². The van der Waals surface area contributed by atoms with Gasteiger partial charge in [0.2, 0.25) is 0 Å². The highest BCUT2D eigenvalue weighted by atomic mass is 79.9. The molecule has 3 amide bonds. The number of nitrogens with zero attached hydrogens (tertiary/aromatic N) is 1. The van der Waals surface area contributed by atoms with Crippen molar-refractivity contribution in [1.29, 1.82) is 0 Å². The minimum Gasteiger partial charge on any atom is -0.467 e. The van der Waals surface area contributed by atoms with Crippen molar-refractivity contribution in [1.82, 2.24) is 4.90 Å². The van der Waals surface area contributed by atoms with Crippen molar-refractivity contribution in [3.8, 4) is 0 Å². The van der Waals surface area contributed by atoms with Crippen LogP contribution in [-0.4, -0.2) is 22.6 Å². The SMILES string of the molecule is O=C(Nc1ccc(SC2=C(Nc3ccc(Br)cc3)C(=O)N(Cc3ccco3)C2=O)cc1)c1ccc(F)cc1. The molecule has 1 aliphatic heterocycles. The number of carbonyl (C=O) groups excluding carboxylic acids is 3. The smallest absolute Gasteiger partial charge is 0.278 e. The van der Waals surface area contributed by atoms with Gasteiger partial charge in [0.15, 0.2) is 0 Å². The molecule has 1 aromatic heterocycles. The van der Waals surface area contributed by atoms with Crippen LogP contribution in [0.15, 0.2) is 116 Å². The van der Waals surface area contributed by atoms with Crippen LogP contribution in [0.1, 0.15) is 16.1 Å². The summed E-state index contributed by atoms with van der Waals surface area (Å²) in [5.74, 6) is -1.21. The zero-order chi connectivity index (χ0) is 26.6. The first-order valence-corrected chi connectivity index (χ1v) is 13.0. The lowest BCUT2D eigenvalue weighted by molar-refractivity contribution is -0.138. The molecule has 0 radical (unpaired) electrons. The van der Waals surface area contributed by atoms with Gasteiger partial charge in [-0.1, -0.05) is 27.7 Å². The molecular formula is C28H19BrFN3O4S. The largest absolute Gasteiger partial charge is 0.467 e. The van der Waals surface area contributed by atoms with E-state index < -0.39 is 17.6 Å². The minimum atomic E-state index is -0.458. The molecule has 0 spiro atoms. The Morgan fingerprint density at radius 2 is 1.58 bits per heavy atom. The number of rotatable bonds is 8. The van der Waals surface area contributed by atoms with E-state index >= 15 is 0 Å². The second-order valence-electron chi connectivity index (χ2n) is 8.20. The number of amides is 3. The Labute approximate surface area is 229 Å². The lowest BCUT2D eigenvalue weighted by atomic mass is 10.2. The predicted octanol–water partition coefficient (Wildman–Crippen LogP) is 6.42. The number of furan rings is 1. The molecule has 0 atom stereocenters. The van der Waals surface area contributed by atoms with Crippen LogP contribution in [0.25, 0.3) is 0 Å². The molecule has 5 rings (SSSR count). The molecule has 0 aliphatic carbocycles. The molecule has 0 saturated heterocycles. The van der Waals surface area contributed by atoms with Crippen molar-refractivity contribution in [3.63, 3.8) is 0 Å². The number of thioether (sulfide) groups is 1. The first-order chi connectivity index (χ1) is 18.4. The standard InChI is InChI=1S/C28H19BrFN3O4S/c29-18-5-9-20(10-6-18)31-24-25(28(36)33(27(24)35)16-22-2-1-15-37-22)38-23-13-11-21(12-14-23)32-26(34)17-3-7-19(30)8-4-17/h1-15,31H,16H2,(H,32,34). The summed E-state index contributed by atoms with van der Waals surface area (Å²) < 4.78 is 19.4. The van der Waals surface area contributed by atoms with E-state index in [1.807, 2.05) is 12.1 Å². The third-order valence-electron chi connectivity index (χ3n) is 5.57. The van der Waals surface area contributed by atoms with Crippen LogP contribution in [-0.2, 0) is 16.1 Å². The second-order valence-corrected chi connectivity index (χ2v) is 10.2. The van der Waals surface area contributed by atoms with Crippen LogP contribution < -0.4 is 10.6 Å². The van der Waals surface area contributed by atoms with Gasteiger partial charge >= 0.3 is 0 Å². The number of imide groups is 1. The van der Waals surface area contributed by atoms with Gasteiger partial charge in [0.1, 0.15) is 22.2 Å². The molecule has 190 valence electrons. The van der Waals surface area contributed by atoms with E-state index in [2.05, 4.69) is 26.6 Å². The summed E-state index contributed by atoms with van der Waals surface area (Å²) in [6, 6.07) is 22.7. The van der Waals surface area contributed by atoms with Gasteiger partial charge in [-0.2, -0.15) is 0 Å². The molecule has 3 aromatic carbocycles. The molecule has 2 N–H and O–H groups in total. The Hall–Kier alpha value is -4.15. The highest BCUT2D eigenvalue weighted by Crippen LogP contribution is 2.37. The van der Waals surface area contributed by atoms with Crippen LogP contribution in [0, 0.1) is 5.82 Å². The van der Waals surface area contributed by atoms with Crippen LogP contribution in [0.5, 0.6) is 0 Å². The Balaban J connectivity index is 1.36. The first kappa shape index (κ1) is 25.5. The monoisotopic (exact) mass is 591 g/mol. The van der Waals surface area contributed by atoms with Gasteiger partial charge in [0.05, 0.1) is 12.8 Å². The van der Waals surface area contributed by atoms with Crippen molar-refractivity contribution >= 4 is 56.8 Å². The van der Waals surface area contributed by atoms with Gasteiger partial charge in [-0.25, -0.2) is 4.39 Å². The topological polar surface area (TPSA) is 91.7 Å². The van der Waals surface area contributed by atoms with Gasteiger partial charge in [-0.15, -0.1) is 0 Å². The third-order valence-corrected chi connectivity index (χ3v) is 7.19. The molecule has 1 aliphatic rings. The van der Waals surface area contributed by atoms with Crippen LogP contribution >= 0.6 is 27.7 Å². The summed E-state index contributed by atoms with van der Waals surface area (Å²) >= 11 is 4.54. The fourth-order valence-corrected chi connectivity index (χ4v) is 4.88. The van der Waals surface area contributed by atoms with Gasteiger partial charge < -0.3 is 15.1 Å². The van der Waals surface area contributed by atoms with E-state index in [-0.39, 0.29) is 23.1 Å². The summed E-state index contributed by atoms with van der Waals surface area (Å²) in [6.07, 6.45) is 1.49. The highest BCUT2D eigenvalue weighted by Gasteiger charge is 2.39. The lowest BCUT2D eigenvalue weighted by Crippen LogP contribution is -2.31. The molecule has 0 bridgehead atoms. The number of anilines is 2. The maximum atomic E-state index is 13.3. The highest BCUT2D eigenvalue weighted by molar-refractivity contribution is 9.10. The molecular weight excluding hydrogens is 573 g/mol. The van der Waals surface area contributed by atoms with Gasteiger partial charge in [0.25, 0.3) is 17.7 Å². The van der Waals surface area contributed by atoms with Crippen molar-refractivity contribution in [2.24, 2.45) is 0 Å². The third kappa shape index (κ3) is 5.71. The normalized spacial score (nSPS) is 13.3. The zero-order valence-corrected chi connectivity index (χ0v) is 22.0. The maximum Gasteiger partial charge on any atom is 0.278 e. The number of hydrogen-bond acceptors (Lipinski definition) is 6. The number of benzene rings is 3. The Morgan fingerprint density at radius 3 is 2.24 bits per heavy atom.